The topological polar surface area (TPSA) is 67.2 Å². The summed E-state index contributed by atoms with van der Waals surface area (Å²) in [5, 5.41) is 0. The lowest BCUT2D eigenvalue weighted by Crippen LogP contribution is -2.49. The zero-order chi connectivity index (χ0) is 19.9. The van der Waals surface area contributed by atoms with E-state index in [1.54, 1.807) is 4.90 Å². The monoisotopic (exact) mass is 398 g/mol. The second kappa shape index (κ2) is 7.02. The van der Waals surface area contributed by atoms with Crippen LogP contribution in [0.3, 0.4) is 0 Å². The summed E-state index contributed by atoms with van der Waals surface area (Å²) in [6.45, 7) is 1.59. The number of imidazole rings is 1. The molecule has 11 heteroatoms. The smallest absolute Gasteiger partial charge is 0.353 e. The van der Waals surface area contributed by atoms with Gasteiger partial charge in [-0.2, -0.15) is 17.6 Å². The average Bonchev–Trinajstić information content (AvgIpc) is 3.08. The lowest BCUT2D eigenvalue weighted by molar-refractivity contribution is -0.147. The number of piperazine rings is 1. The number of halogens is 4. The minimum absolute atomic E-state index is 0.103. The molecular formula is C17H18F4N6O. The molecule has 1 saturated heterocycles. The Balaban J connectivity index is 1.52. The van der Waals surface area contributed by atoms with Gasteiger partial charge in [0.15, 0.2) is 0 Å². The van der Waals surface area contributed by atoms with Crippen LogP contribution >= 0.6 is 0 Å². The minimum Gasteiger partial charge on any atom is -0.353 e. The van der Waals surface area contributed by atoms with Crippen LogP contribution in [0.4, 0.5) is 23.4 Å². The van der Waals surface area contributed by atoms with Crippen molar-refractivity contribution in [2.75, 3.05) is 31.1 Å². The molecule has 1 fully saturated rings. The molecule has 0 aliphatic carbocycles. The fourth-order valence-electron chi connectivity index (χ4n) is 3.72. The van der Waals surface area contributed by atoms with Gasteiger partial charge in [-0.3, -0.25) is 4.79 Å². The fraction of sp³-hybridized carbons (Fsp3) is 0.529. The van der Waals surface area contributed by atoms with E-state index >= 15 is 0 Å². The predicted molar refractivity (Wildman–Crippen MR) is 90.3 cm³/mol. The molecular weight excluding hydrogens is 380 g/mol. The van der Waals surface area contributed by atoms with Crippen molar-refractivity contribution in [1.82, 2.24) is 24.4 Å². The number of aromatic nitrogens is 4. The van der Waals surface area contributed by atoms with E-state index in [1.165, 1.54) is 11.0 Å². The molecule has 2 aromatic rings. The van der Waals surface area contributed by atoms with Crippen LogP contribution in [0.15, 0.2) is 12.4 Å². The molecule has 0 aromatic carbocycles. The van der Waals surface area contributed by atoms with Gasteiger partial charge in [-0.15, -0.1) is 0 Å². The number of anilines is 1. The van der Waals surface area contributed by atoms with Crippen LogP contribution in [0.1, 0.15) is 34.8 Å². The summed E-state index contributed by atoms with van der Waals surface area (Å²) in [7, 11) is 0. The molecule has 2 aliphatic rings. The highest BCUT2D eigenvalue weighted by Crippen LogP contribution is 2.33. The van der Waals surface area contributed by atoms with E-state index in [1.807, 2.05) is 0 Å². The highest BCUT2D eigenvalue weighted by atomic mass is 19.4. The van der Waals surface area contributed by atoms with Crippen molar-refractivity contribution in [2.45, 2.75) is 32.0 Å². The quantitative estimate of drug-likeness (QED) is 0.573. The summed E-state index contributed by atoms with van der Waals surface area (Å²) in [6, 6.07) is 1.21. The molecule has 0 atom stereocenters. The van der Waals surface area contributed by atoms with Crippen molar-refractivity contribution < 1.29 is 22.4 Å². The molecule has 0 saturated carbocycles. The van der Waals surface area contributed by atoms with Crippen LogP contribution in [0, 0.1) is 5.95 Å². The molecule has 2 aliphatic heterocycles. The van der Waals surface area contributed by atoms with E-state index in [-0.39, 0.29) is 25.3 Å². The second-order valence-corrected chi connectivity index (χ2v) is 6.82. The Labute approximate surface area is 158 Å². The van der Waals surface area contributed by atoms with E-state index in [0.29, 0.717) is 37.4 Å². The summed E-state index contributed by atoms with van der Waals surface area (Å²) < 4.78 is 54.3. The van der Waals surface area contributed by atoms with Gasteiger partial charge in [0.2, 0.25) is 11.8 Å². The van der Waals surface area contributed by atoms with Crippen LogP contribution in [0.5, 0.6) is 0 Å². The van der Waals surface area contributed by atoms with Gasteiger partial charge < -0.3 is 14.4 Å². The van der Waals surface area contributed by atoms with Gasteiger partial charge in [0, 0.05) is 38.8 Å². The summed E-state index contributed by atoms with van der Waals surface area (Å²) >= 11 is 0. The first-order chi connectivity index (χ1) is 13.3. The highest BCUT2D eigenvalue weighted by molar-refractivity contribution is 5.94. The number of alkyl halides is 3. The summed E-state index contributed by atoms with van der Waals surface area (Å²) in [5.41, 5.74) is 0.262. The molecule has 7 nitrogen and oxygen atoms in total. The van der Waals surface area contributed by atoms with Crippen molar-refractivity contribution in [3.8, 4) is 0 Å². The first-order valence-corrected chi connectivity index (χ1v) is 9.03. The predicted octanol–water partition coefficient (Wildman–Crippen LogP) is 2.13. The van der Waals surface area contributed by atoms with Crippen LogP contribution in [0.25, 0.3) is 0 Å². The average molecular weight is 398 g/mol. The van der Waals surface area contributed by atoms with Gasteiger partial charge in [-0.05, 0) is 19.3 Å². The minimum atomic E-state index is -4.60. The van der Waals surface area contributed by atoms with Crippen LogP contribution in [-0.2, 0) is 19.1 Å². The Hall–Kier alpha value is -2.72. The lowest BCUT2D eigenvalue weighted by atomic mass is 10.1. The van der Waals surface area contributed by atoms with Crippen molar-refractivity contribution in [2.24, 2.45) is 0 Å². The zero-order valence-electron chi connectivity index (χ0n) is 14.9. The summed E-state index contributed by atoms with van der Waals surface area (Å²) in [6.07, 6.45) is -1.70. The van der Waals surface area contributed by atoms with E-state index in [0.717, 1.165) is 17.3 Å². The number of rotatable bonds is 2. The van der Waals surface area contributed by atoms with E-state index in [2.05, 4.69) is 15.0 Å². The van der Waals surface area contributed by atoms with E-state index < -0.39 is 23.9 Å². The SMILES string of the molecule is O=C(c1nc(C(F)(F)F)n2c1CCCC2)N1CCN(c2cc(F)ncn2)CC1. The molecule has 150 valence electrons. The van der Waals surface area contributed by atoms with Gasteiger partial charge in [-0.1, -0.05) is 0 Å². The first kappa shape index (κ1) is 18.6. The Bertz CT molecular complexity index is 888. The second-order valence-electron chi connectivity index (χ2n) is 6.82. The molecule has 2 aromatic heterocycles. The number of carbonyl (C=O) groups is 1. The molecule has 0 unspecified atom stereocenters. The van der Waals surface area contributed by atoms with Crippen LogP contribution < -0.4 is 4.90 Å². The molecule has 0 bridgehead atoms. The highest BCUT2D eigenvalue weighted by Gasteiger charge is 2.41. The summed E-state index contributed by atoms with van der Waals surface area (Å²) in [5.74, 6) is -1.72. The number of carbonyl (C=O) groups excluding carboxylic acids is 1. The zero-order valence-corrected chi connectivity index (χ0v) is 14.9. The lowest BCUT2D eigenvalue weighted by Gasteiger charge is -2.35. The summed E-state index contributed by atoms with van der Waals surface area (Å²) in [4.78, 5) is 27.3. The maximum atomic E-state index is 13.3. The number of hydrogen-bond acceptors (Lipinski definition) is 5. The van der Waals surface area contributed by atoms with Crippen molar-refractivity contribution >= 4 is 11.7 Å². The third-order valence-corrected chi connectivity index (χ3v) is 5.08. The maximum absolute atomic E-state index is 13.3. The Morgan fingerprint density at radius 1 is 1.04 bits per heavy atom. The van der Waals surface area contributed by atoms with Gasteiger partial charge in [0.05, 0.1) is 5.69 Å². The molecule has 28 heavy (non-hydrogen) atoms. The number of fused-ring (bicyclic) bond motifs is 1. The molecule has 0 N–H and O–H groups in total. The van der Waals surface area contributed by atoms with Crippen molar-refractivity contribution in [1.29, 1.82) is 0 Å². The number of hydrogen-bond donors (Lipinski definition) is 0. The molecule has 4 heterocycles. The Morgan fingerprint density at radius 2 is 1.79 bits per heavy atom. The van der Waals surface area contributed by atoms with E-state index in [4.69, 9.17) is 0 Å². The largest absolute Gasteiger partial charge is 0.449 e. The standard InChI is InChI=1S/C17H18F4N6O/c18-12-9-13(23-10-22-12)25-5-7-26(8-6-25)15(28)14-11-3-1-2-4-27(11)16(24-14)17(19,20)21/h9-10H,1-8H2. The maximum Gasteiger partial charge on any atom is 0.449 e. The number of amides is 1. The van der Waals surface area contributed by atoms with Gasteiger partial charge in [0.1, 0.15) is 17.8 Å². The first-order valence-electron chi connectivity index (χ1n) is 9.03. The number of nitrogens with zero attached hydrogens (tertiary/aromatic N) is 6. The van der Waals surface area contributed by atoms with Crippen molar-refractivity contribution in [3.05, 3.63) is 35.6 Å². The fourth-order valence-corrected chi connectivity index (χ4v) is 3.72. The normalized spacial score (nSPS) is 17.6. The van der Waals surface area contributed by atoms with Crippen LogP contribution in [0.2, 0.25) is 0 Å². The van der Waals surface area contributed by atoms with Gasteiger partial charge in [0.25, 0.3) is 5.91 Å². The Morgan fingerprint density at radius 3 is 2.46 bits per heavy atom. The third kappa shape index (κ3) is 3.40. The van der Waals surface area contributed by atoms with E-state index in [9.17, 15) is 22.4 Å². The molecule has 0 radical (unpaired) electrons. The molecule has 0 spiro atoms. The van der Waals surface area contributed by atoms with Crippen LogP contribution in [-0.4, -0.2) is 56.5 Å². The van der Waals surface area contributed by atoms with Crippen molar-refractivity contribution in [3.63, 3.8) is 0 Å². The third-order valence-electron chi connectivity index (χ3n) is 5.08. The van der Waals surface area contributed by atoms with Gasteiger partial charge >= 0.3 is 6.18 Å². The Kier molecular flexibility index (Phi) is 4.68. The molecule has 1 amide bonds. The molecule has 4 rings (SSSR count). The van der Waals surface area contributed by atoms with Gasteiger partial charge in [-0.25, -0.2) is 15.0 Å².